The molecule has 0 saturated carbocycles. The van der Waals surface area contributed by atoms with Crippen LogP contribution >= 0.6 is 0 Å². The molecule has 0 spiro atoms. The summed E-state index contributed by atoms with van der Waals surface area (Å²) in [6.45, 7) is 0. The molecule has 3 heterocycles. The Morgan fingerprint density at radius 2 is 0.957 bits per heavy atom. The first-order chi connectivity index (χ1) is 11.2. The summed E-state index contributed by atoms with van der Waals surface area (Å²) in [5.74, 6) is 0. The number of furan rings is 1. The van der Waals surface area contributed by atoms with E-state index in [0.717, 1.165) is 10.8 Å². The monoisotopic (exact) mass is 304 g/mol. The Bertz CT molecular complexity index is 1250. The van der Waals surface area contributed by atoms with E-state index >= 15 is 0 Å². The van der Waals surface area contributed by atoms with Crippen LogP contribution in [0.25, 0.3) is 43.9 Å². The van der Waals surface area contributed by atoms with E-state index in [4.69, 9.17) is 13.3 Å². The molecule has 23 heavy (non-hydrogen) atoms. The maximum absolute atomic E-state index is 11.6. The van der Waals surface area contributed by atoms with E-state index in [1.165, 1.54) is 12.1 Å². The Balaban J connectivity index is 2.19. The zero-order chi connectivity index (χ0) is 15.6. The summed E-state index contributed by atoms with van der Waals surface area (Å²) >= 11 is 0. The van der Waals surface area contributed by atoms with Gasteiger partial charge in [0.05, 0.1) is 10.8 Å². The van der Waals surface area contributed by atoms with Crippen molar-refractivity contribution in [1.29, 1.82) is 0 Å². The van der Waals surface area contributed by atoms with Crippen LogP contribution in [0.1, 0.15) is 0 Å². The van der Waals surface area contributed by atoms with Gasteiger partial charge in [-0.25, -0.2) is 9.59 Å². The average Bonchev–Trinajstić information content (AvgIpc) is 2.94. The predicted molar refractivity (Wildman–Crippen MR) is 85.8 cm³/mol. The van der Waals surface area contributed by atoms with Crippen LogP contribution in [0.15, 0.2) is 71.4 Å². The molecule has 0 radical (unpaired) electrons. The van der Waals surface area contributed by atoms with Crippen molar-refractivity contribution in [2.24, 2.45) is 0 Å². The highest BCUT2D eigenvalue weighted by Crippen LogP contribution is 2.37. The molecule has 0 unspecified atom stereocenters. The molecule has 110 valence electrons. The van der Waals surface area contributed by atoms with Crippen molar-refractivity contribution in [3.05, 3.63) is 69.4 Å². The summed E-state index contributed by atoms with van der Waals surface area (Å²) in [6, 6.07) is 13.4. The third-order valence-corrected chi connectivity index (χ3v) is 3.97. The minimum Gasteiger partial charge on any atom is -0.456 e. The largest absolute Gasteiger partial charge is 0.456 e. The highest BCUT2D eigenvalue weighted by molar-refractivity contribution is 6.23. The van der Waals surface area contributed by atoms with Crippen LogP contribution in [0.3, 0.4) is 0 Å². The van der Waals surface area contributed by atoms with Gasteiger partial charge in [-0.15, -0.1) is 0 Å². The lowest BCUT2D eigenvalue weighted by Gasteiger charge is -1.99. The average molecular weight is 304 g/mol. The Kier molecular flexibility index (Phi) is 2.18. The minimum absolute atomic E-state index is 0.424. The van der Waals surface area contributed by atoms with Gasteiger partial charge in [-0.1, -0.05) is 0 Å². The van der Waals surface area contributed by atoms with Gasteiger partial charge in [-0.3, -0.25) is 0 Å². The van der Waals surface area contributed by atoms with E-state index in [9.17, 15) is 9.59 Å². The molecular weight excluding hydrogens is 296 g/mol. The van der Waals surface area contributed by atoms with Crippen LogP contribution in [0.4, 0.5) is 0 Å². The minimum atomic E-state index is -0.443. The molecule has 2 aromatic carbocycles. The molecule has 0 aliphatic heterocycles. The van der Waals surface area contributed by atoms with Gasteiger partial charge in [0.25, 0.3) is 0 Å². The second-order valence-corrected chi connectivity index (χ2v) is 5.33. The van der Waals surface area contributed by atoms with Crippen LogP contribution in [-0.4, -0.2) is 0 Å². The van der Waals surface area contributed by atoms with E-state index in [0.29, 0.717) is 33.1 Å². The van der Waals surface area contributed by atoms with Crippen LogP contribution in [0, 0.1) is 0 Å². The van der Waals surface area contributed by atoms with Crippen molar-refractivity contribution in [2.75, 3.05) is 0 Å². The third-order valence-electron chi connectivity index (χ3n) is 3.97. The molecule has 0 saturated heterocycles. The van der Waals surface area contributed by atoms with Gasteiger partial charge in [0, 0.05) is 22.9 Å². The van der Waals surface area contributed by atoms with Gasteiger partial charge in [-0.05, 0) is 36.4 Å². The van der Waals surface area contributed by atoms with Crippen LogP contribution in [-0.2, 0) is 0 Å². The first kappa shape index (κ1) is 12.2. The zero-order valence-electron chi connectivity index (χ0n) is 11.7. The Morgan fingerprint density at radius 1 is 0.522 bits per heavy atom. The Labute approximate surface area is 127 Å². The Hall–Kier alpha value is -3.34. The molecule has 3 aromatic heterocycles. The summed E-state index contributed by atoms with van der Waals surface area (Å²) in [5.41, 5.74) is 1.10. The van der Waals surface area contributed by atoms with Crippen molar-refractivity contribution in [3.63, 3.8) is 0 Å². The molecule has 0 bridgehead atoms. The number of benzene rings is 2. The summed E-state index contributed by atoms with van der Waals surface area (Å²) in [6.07, 6.45) is 0. The molecule has 0 amide bonds. The highest BCUT2D eigenvalue weighted by atomic mass is 16.4. The van der Waals surface area contributed by atoms with E-state index in [1.54, 1.807) is 12.1 Å². The fourth-order valence-electron chi connectivity index (χ4n) is 2.99. The second kappa shape index (κ2) is 4.10. The molecule has 0 N–H and O–H groups in total. The molecule has 5 rings (SSSR count). The van der Waals surface area contributed by atoms with Crippen molar-refractivity contribution < 1.29 is 13.3 Å². The van der Waals surface area contributed by atoms with E-state index < -0.39 is 11.3 Å². The van der Waals surface area contributed by atoms with E-state index in [2.05, 4.69) is 0 Å². The second-order valence-electron chi connectivity index (χ2n) is 5.33. The number of hydrogen-bond acceptors (Lipinski definition) is 5. The molecule has 0 aliphatic rings. The lowest BCUT2D eigenvalue weighted by Crippen LogP contribution is -1.95. The number of rotatable bonds is 0. The summed E-state index contributed by atoms with van der Waals surface area (Å²) in [7, 11) is 0. The van der Waals surface area contributed by atoms with Gasteiger partial charge >= 0.3 is 11.3 Å². The van der Waals surface area contributed by atoms with E-state index in [1.807, 2.05) is 24.3 Å². The van der Waals surface area contributed by atoms with E-state index in [-0.39, 0.29) is 0 Å². The van der Waals surface area contributed by atoms with Gasteiger partial charge in [-0.2, -0.15) is 0 Å². The first-order valence-electron chi connectivity index (χ1n) is 7.03. The summed E-state index contributed by atoms with van der Waals surface area (Å²) in [4.78, 5) is 23.3. The molecule has 5 aromatic rings. The highest BCUT2D eigenvalue weighted by Gasteiger charge is 2.16. The third kappa shape index (κ3) is 1.61. The molecular formula is C18H8O5. The Morgan fingerprint density at radius 3 is 1.43 bits per heavy atom. The van der Waals surface area contributed by atoms with Crippen molar-refractivity contribution in [1.82, 2.24) is 0 Å². The lowest BCUT2D eigenvalue weighted by molar-refractivity contribution is 0.562. The van der Waals surface area contributed by atoms with Gasteiger partial charge < -0.3 is 13.3 Å². The standard InChI is InChI=1S/C18H8O5/c19-13-7-3-9-1-5-11-15(17(9)22-13)16-12(21-11)6-2-10-4-8-14(20)23-18(10)16/h1-8H. The number of fused-ring (bicyclic) bond motifs is 7. The summed E-state index contributed by atoms with van der Waals surface area (Å²) < 4.78 is 16.6. The molecule has 5 heteroatoms. The number of hydrogen-bond donors (Lipinski definition) is 0. The summed E-state index contributed by atoms with van der Waals surface area (Å²) in [5, 5.41) is 2.82. The lowest BCUT2D eigenvalue weighted by atomic mass is 10.1. The van der Waals surface area contributed by atoms with Crippen LogP contribution < -0.4 is 11.3 Å². The van der Waals surface area contributed by atoms with Crippen molar-refractivity contribution in [3.8, 4) is 0 Å². The van der Waals surface area contributed by atoms with Gasteiger partial charge in [0.2, 0.25) is 0 Å². The maximum Gasteiger partial charge on any atom is 0.336 e. The molecule has 5 nitrogen and oxygen atoms in total. The van der Waals surface area contributed by atoms with Crippen LogP contribution in [0.5, 0.6) is 0 Å². The molecule has 0 aliphatic carbocycles. The smallest absolute Gasteiger partial charge is 0.336 e. The normalized spacial score (nSPS) is 11.8. The quantitative estimate of drug-likeness (QED) is 0.407. The fraction of sp³-hybridized carbons (Fsp3) is 0. The molecule has 0 atom stereocenters. The SMILES string of the molecule is O=c1ccc2ccc3oc4ccc5ccc(=O)oc5c4c3c2o1. The van der Waals surface area contributed by atoms with Gasteiger partial charge in [0.1, 0.15) is 22.3 Å². The van der Waals surface area contributed by atoms with Crippen molar-refractivity contribution in [2.45, 2.75) is 0 Å². The van der Waals surface area contributed by atoms with Crippen molar-refractivity contribution >= 4 is 43.9 Å². The first-order valence-corrected chi connectivity index (χ1v) is 7.03. The molecule has 0 fully saturated rings. The zero-order valence-corrected chi connectivity index (χ0v) is 11.7. The topological polar surface area (TPSA) is 73.6 Å². The van der Waals surface area contributed by atoms with Crippen LogP contribution in [0.2, 0.25) is 0 Å². The maximum atomic E-state index is 11.6. The predicted octanol–water partition coefficient (Wildman–Crippen LogP) is 3.80. The van der Waals surface area contributed by atoms with Gasteiger partial charge in [0.15, 0.2) is 0 Å². The fourth-order valence-corrected chi connectivity index (χ4v) is 2.99.